The number of alkyl halides is 1. The molecule has 112 valence electrons. The van der Waals surface area contributed by atoms with E-state index in [0.717, 1.165) is 20.3 Å². The molecule has 0 aliphatic carbocycles. The second kappa shape index (κ2) is 6.84. The molecule has 0 aromatic heterocycles. The predicted octanol–water partition coefficient (Wildman–Crippen LogP) is 6.63. The van der Waals surface area contributed by atoms with Gasteiger partial charge in [-0.25, -0.2) is 0 Å². The summed E-state index contributed by atoms with van der Waals surface area (Å²) in [6.07, 6.45) is 0. The fourth-order valence-corrected chi connectivity index (χ4v) is 4.49. The fraction of sp³-hybridized carbons (Fsp3) is 0.294. The summed E-state index contributed by atoms with van der Waals surface area (Å²) in [7, 11) is 1.73. The van der Waals surface area contributed by atoms with E-state index >= 15 is 0 Å². The molecular weight excluding hydrogens is 460 g/mol. The quantitative estimate of drug-likeness (QED) is 0.452. The summed E-state index contributed by atoms with van der Waals surface area (Å²) in [5, 5.41) is 0. The summed E-state index contributed by atoms with van der Waals surface area (Å²) in [4.78, 5) is 0.0844. The topological polar surface area (TPSA) is 9.23 Å². The molecule has 2 aromatic rings. The first-order valence-corrected chi connectivity index (χ1v) is 9.11. The van der Waals surface area contributed by atoms with Crippen molar-refractivity contribution in [3.63, 3.8) is 0 Å². The van der Waals surface area contributed by atoms with Crippen molar-refractivity contribution in [1.29, 1.82) is 0 Å². The van der Waals surface area contributed by atoms with E-state index in [2.05, 4.69) is 92.8 Å². The van der Waals surface area contributed by atoms with Gasteiger partial charge in [-0.05, 0) is 55.2 Å². The molecule has 0 saturated carbocycles. The van der Waals surface area contributed by atoms with Gasteiger partial charge < -0.3 is 4.74 Å². The first-order chi connectivity index (χ1) is 9.88. The zero-order chi connectivity index (χ0) is 15.7. The van der Waals surface area contributed by atoms with Gasteiger partial charge in [-0.15, -0.1) is 0 Å². The summed E-state index contributed by atoms with van der Waals surface area (Å²) in [6, 6.07) is 8.38. The smallest absolute Gasteiger partial charge is 0.126 e. The van der Waals surface area contributed by atoms with Gasteiger partial charge in [-0.1, -0.05) is 59.9 Å². The van der Waals surface area contributed by atoms with E-state index < -0.39 is 0 Å². The molecule has 0 N–H and O–H groups in total. The molecule has 21 heavy (non-hydrogen) atoms. The first-order valence-electron chi connectivity index (χ1n) is 6.61. The van der Waals surface area contributed by atoms with Crippen LogP contribution < -0.4 is 4.74 Å². The predicted molar refractivity (Wildman–Crippen MR) is 99.8 cm³/mol. The molecule has 0 aliphatic heterocycles. The van der Waals surface area contributed by atoms with Crippen LogP contribution in [-0.4, -0.2) is 7.11 Å². The van der Waals surface area contributed by atoms with Crippen molar-refractivity contribution in [2.75, 3.05) is 7.11 Å². The van der Waals surface area contributed by atoms with Crippen LogP contribution in [0.4, 0.5) is 0 Å². The van der Waals surface area contributed by atoms with Crippen LogP contribution in [0.5, 0.6) is 5.75 Å². The second-order valence-electron chi connectivity index (χ2n) is 5.06. The third-order valence-corrected chi connectivity index (χ3v) is 6.38. The van der Waals surface area contributed by atoms with Gasteiger partial charge >= 0.3 is 0 Å². The van der Waals surface area contributed by atoms with Crippen LogP contribution in [0.25, 0.3) is 0 Å². The van der Waals surface area contributed by atoms with E-state index in [1.807, 2.05) is 0 Å². The van der Waals surface area contributed by atoms with Crippen LogP contribution >= 0.6 is 47.8 Å². The number of ether oxygens (including phenoxy) is 1. The number of hydrogen-bond acceptors (Lipinski definition) is 1. The number of halogens is 3. The van der Waals surface area contributed by atoms with E-state index in [4.69, 9.17) is 4.74 Å². The highest BCUT2D eigenvalue weighted by molar-refractivity contribution is 9.11. The molecule has 0 heterocycles. The first kappa shape index (κ1) is 17.0. The summed E-state index contributed by atoms with van der Waals surface area (Å²) in [6.45, 7) is 6.31. The normalized spacial score (nSPS) is 12.3. The lowest BCUT2D eigenvalue weighted by atomic mass is 9.95. The van der Waals surface area contributed by atoms with Gasteiger partial charge in [0.25, 0.3) is 0 Å². The number of rotatable bonds is 3. The number of methoxy groups -OCH3 is 1. The van der Waals surface area contributed by atoms with E-state index in [1.54, 1.807) is 7.11 Å². The Morgan fingerprint density at radius 2 is 1.67 bits per heavy atom. The monoisotopic (exact) mass is 474 g/mol. The zero-order valence-electron chi connectivity index (χ0n) is 12.4. The van der Waals surface area contributed by atoms with Crippen molar-refractivity contribution in [3.8, 4) is 5.75 Å². The van der Waals surface area contributed by atoms with Gasteiger partial charge in [0.1, 0.15) is 5.75 Å². The van der Waals surface area contributed by atoms with Crippen molar-refractivity contribution in [2.45, 2.75) is 25.6 Å². The molecule has 0 saturated heterocycles. The van der Waals surface area contributed by atoms with E-state index in [9.17, 15) is 0 Å². The molecule has 0 aliphatic rings. The van der Waals surface area contributed by atoms with Gasteiger partial charge in [0.2, 0.25) is 0 Å². The van der Waals surface area contributed by atoms with Crippen LogP contribution in [0.1, 0.15) is 32.6 Å². The fourth-order valence-electron chi connectivity index (χ4n) is 2.51. The molecule has 0 bridgehead atoms. The third-order valence-electron chi connectivity index (χ3n) is 3.75. The van der Waals surface area contributed by atoms with Gasteiger partial charge in [0.05, 0.1) is 11.9 Å². The Labute approximate surface area is 151 Å². The summed E-state index contributed by atoms with van der Waals surface area (Å²) in [5.41, 5.74) is 5.97. The van der Waals surface area contributed by atoms with Crippen LogP contribution in [0.2, 0.25) is 0 Å². The summed E-state index contributed by atoms with van der Waals surface area (Å²) >= 11 is 11.1. The van der Waals surface area contributed by atoms with Crippen molar-refractivity contribution < 1.29 is 4.74 Å². The Kier molecular flexibility index (Phi) is 5.55. The Morgan fingerprint density at radius 3 is 2.29 bits per heavy atom. The molecule has 1 atom stereocenters. The maximum absolute atomic E-state index is 5.66. The summed E-state index contributed by atoms with van der Waals surface area (Å²) in [5.74, 6) is 0.942. The number of hydrogen-bond donors (Lipinski definition) is 0. The van der Waals surface area contributed by atoms with Crippen LogP contribution in [0.15, 0.2) is 33.2 Å². The molecule has 4 heteroatoms. The molecule has 0 radical (unpaired) electrons. The highest BCUT2D eigenvalue weighted by Gasteiger charge is 2.23. The van der Waals surface area contributed by atoms with Crippen molar-refractivity contribution >= 4 is 47.8 Å². The summed E-state index contributed by atoms with van der Waals surface area (Å²) < 4.78 is 7.88. The molecule has 1 unspecified atom stereocenters. The molecular formula is C17H17Br3O. The van der Waals surface area contributed by atoms with Crippen LogP contribution in [0, 0.1) is 20.8 Å². The maximum Gasteiger partial charge on any atom is 0.126 e. The highest BCUT2D eigenvalue weighted by atomic mass is 79.9. The van der Waals surface area contributed by atoms with Crippen molar-refractivity contribution in [3.05, 3.63) is 61.0 Å². The number of benzene rings is 2. The van der Waals surface area contributed by atoms with E-state index in [0.29, 0.717) is 0 Å². The zero-order valence-corrected chi connectivity index (χ0v) is 17.2. The molecule has 1 nitrogen and oxygen atoms in total. The Balaban J connectivity index is 2.68. The Hall–Kier alpha value is -0.320. The van der Waals surface area contributed by atoms with Gasteiger partial charge in [0.15, 0.2) is 0 Å². The van der Waals surface area contributed by atoms with Crippen molar-refractivity contribution in [1.82, 2.24) is 0 Å². The van der Waals surface area contributed by atoms with Crippen LogP contribution in [0.3, 0.4) is 0 Å². The lowest BCUT2D eigenvalue weighted by molar-refractivity contribution is 0.406. The average Bonchev–Trinajstić information content (AvgIpc) is 2.44. The maximum atomic E-state index is 5.66. The SMILES string of the molecule is COc1c(C)cc(Br)c(C)c1C(Br)c1cccc(Br)c1C. The third kappa shape index (κ3) is 3.22. The van der Waals surface area contributed by atoms with Crippen LogP contribution in [-0.2, 0) is 0 Å². The minimum Gasteiger partial charge on any atom is -0.496 e. The van der Waals surface area contributed by atoms with Gasteiger partial charge in [-0.2, -0.15) is 0 Å². The molecule has 0 spiro atoms. The Bertz CT molecular complexity index is 680. The molecule has 0 amide bonds. The van der Waals surface area contributed by atoms with E-state index in [1.165, 1.54) is 22.3 Å². The molecule has 2 aromatic carbocycles. The second-order valence-corrected chi connectivity index (χ2v) is 7.69. The van der Waals surface area contributed by atoms with Gasteiger partial charge in [-0.3, -0.25) is 0 Å². The van der Waals surface area contributed by atoms with E-state index in [-0.39, 0.29) is 4.83 Å². The standard InChI is InChI=1S/C17H17Br3O/c1-9-8-14(19)11(3)15(17(9)21-4)16(20)12-6-5-7-13(18)10(12)2/h5-8,16H,1-4H3. The minimum atomic E-state index is 0.0844. The lowest BCUT2D eigenvalue weighted by Gasteiger charge is -2.22. The van der Waals surface area contributed by atoms with Gasteiger partial charge in [0, 0.05) is 14.5 Å². The Morgan fingerprint density at radius 1 is 1.00 bits per heavy atom. The lowest BCUT2D eigenvalue weighted by Crippen LogP contribution is -2.04. The van der Waals surface area contributed by atoms with Crippen molar-refractivity contribution in [2.24, 2.45) is 0 Å². The largest absolute Gasteiger partial charge is 0.496 e. The number of aryl methyl sites for hydroxylation is 1. The molecule has 0 fully saturated rings. The minimum absolute atomic E-state index is 0.0844. The molecule has 2 rings (SSSR count). The highest BCUT2D eigenvalue weighted by Crippen LogP contribution is 2.44. The average molecular weight is 477 g/mol.